The molecule has 0 radical (unpaired) electrons. The van der Waals surface area contributed by atoms with Crippen LogP contribution in [-0.4, -0.2) is 19.6 Å². The molecule has 1 aromatic rings. The third kappa shape index (κ3) is 3.39. The quantitative estimate of drug-likeness (QED) is 0.461. The van der Waals surface area contributed by atoms with E-state index in [0.29, 0.717) is 0 Å². The smallest absolute Gasteiger partial charge is 0.258 e. The predicted octanol–water partition coefficient (Wildman–Crippen LogP) is 1.50. The third-order valence-electron chi connectivity index (χ3n) is 1.84. The molecule has 0 atom stereocenters. The lowest BCUT2D eigenvalue weighted by Gasteiger charge is -2.00. The number of allylic oxidation sites excluding steroid dienone is 1. The minimum Gasteiger partial charge on any atom is -0.258 e. The van der Waals surface area contributed by atoms with Gasteiger partial charge in [-0.25, -0.2) is 8.42 Å². The molecule has 7 heteroatoms. The van der Waals surface area contributed by atoms with E-state index in [4.69, 9.17) is 5.26 Å². The van der Waals surface area contributed by atoms with Crippen molar-refractivity contribution < 1.29 is 13.3 Å². The second kappa shape index (κ2) is 4.76. The van der Waals surface area contributed by atoms with E-state index in [2.05, 4.69) is 0 Å². The first-order valence-corrected chi connectivity index (χ1v) is 6.36. The van der Waals surface area contributed by atoms with E-state index < -0.39 is 14.8 Å². The van der Waals surface area contributed by atoms with Crippen molar-refractivity contribution >= 4 is 21.1 Å². The van der Waals surface area contributed by atoms with Crippen LogP contribution in [0, 0.1) is 21.4 Å². The normalized spacial score (nSPS) is 11.9. The number of hydrogen-bond donors (Lipinski definition) is 0. The van der Waals surface area contributed by atoms with Gasteiger partial charge in [0.25, 0.3) is 5.69 Å². The van der Waals surface area contributed by atoms with Gasteiger partial charge in [-0.15, -0.1) is 0 Å². The minimum absolute atomic E-state index is 0.00887. The maximum absolute atomic E-state index is 11.1. The minimum atomic E-state index is -3.53. The first-order chi connectivity index (χ1) is 7.85. The van der Waals surface area contributed by atoms with Gasteiger partial charge in [0.1, 0.15) is 6.07 Å². The molecule has 0 fully saturated rings. The summed E-state index contributed by atoms with van der Waals surface area (Å²) in [7, 11) is -3.53. The molecule has 1 aromatic carbocycles. The van der Waals surface area contributed by atoms with E-state index in [-0.39, 0.29) is 16.8 Å². The van der Waals surface area contributed by atoms with Gasteiger partial charge in [0, 0.05) is 17.7 Å². The lowest BCUT2D eigenvalue weighted by Crippen LogP contribution is -1.96. The fourth-order valence-corrected chi connectivity index (χ4v) is 1.83. The van der Waals surface area contributed by atoms with Crippen molar-refractivity contribution in [3.63, 3.8) is 0 Å². The molecule has 88 valence electrons. The molecule has 17 heavy (non-hydrogen) atoms. The highest BCUT2D eigenvalue weighted by atomic mass is 32.2. The van der Waals surface area contributed by atoms with Gasteiger partial charge in [-0.2, -0.15) is 5.26 Å². The Balaban J connectivity index is 3.48. The highest BCUT2D eigenvalue weighted by Gasteiger charge is 2.17. The van der Waals surface area contributed by atoms with E-state index in [1.54, 1.807) is 6.07 Å². The average Bonchev–Trinajstić information content (AvgIpc) is 2.24. The van der Waals surface area contributed by atoms with E-state index in [1.165, 1.54) is 24.3 Å². The second-order valence-electron chi connectivity index (χ2n) is 3.25. The zero-order valence-electron chi connectivity index (χ0n) is 8.82. The summed E-state index contributed by atoms with van der Waals surface area (Å²) in [6.07, 6.45) is 0.916. The van der Waals surface area contributed by atoms with Crippen molar-refractivity contribution in [3.8, 4) is 6.07 Å². The van der Waals surface area contributed by atoms with Crippen LogP contribution in [0.15, 0.2) is 29.7 Å². The van der Waals surface area contributed by atoms with Crippen molar-refractivity contribution in [1.29, 1.82) is 5.26 Å². The molecule has 0 aliphatic rings. The maximum Gasteiger partial charge on any atom is 0.277 e. The second-order valence-corrected chi connectivity index (χ2v) is 5.14. The largest absolute Gasteiger partial charge is 0.277 e. The molecular weight excluding hydrogens is 244 g/mol. The Bertz CT molecular complexity index is 626. The number of para-hydroxylation sites is 1. The number of nitro groups is 1. The molecule has 0 saturated carbocycles. The van der Waals surface area contributed by atoms with Crippen molar-refractivity contribution in [3.05, 3.63) is 45.4 Å². The first kappa shape index (κ1) is 12.9. The Kier molecular flexibility index (Phi) is 3.60. The zero-order valence-corrected chi connectivity index (χ0v) is 9.64. The Morgan fingerprint density at radius 2 is 2.06 bits per heavy atom. The van der Waals surface area contributed by atoms with Gasteiger partial charge < -0.3 is 0 Å². The first-order valence-electron chi connectivity index (χ1n) is 4.41. The maximum atomic E-state index is 11.1. The van der Waals surface area contributed by atoms with Gasteiger partial charge in [-0.05, 0) is 6.07 Å². The molecule has 0 saturated heterocycles. The number of hydrogen-bond acceptors (Lipinski definition) is 5. The Morgan fingerprint density at radius 1 is 1.47 bits per heavy atom. The van der Waals surface area contributed by atoms with Crippen LogP contribution >= 0.6 is 0 Å². The van der Waals surface area contributed by atoms with Crippen LogP contribution in [0.2, 0.25) is 0 Å². The Labute approximate surface area is 97.9 Å². The third-order valence-corrected chi connectivity index (χ3v) is 2.51. The standard InChI is InChI=1S/C10H8N2O4S/c1-17(15,16)7-8(6-11)9-4-2-3-5-10(9)12(13)14/h2-5,7H,1H3/b8-7+. The topological polar surface area (TPSA) is 101 Å². The van der Waals surface area contributed by atoms with Gasteiger partial charge in [0.2, 0.25) is 0 Å². The predicted molar refractivity (Wildman–Crippen MR) is 61.5 cm³/mol. The highest BCUT2D eigenvalue weighted by molar-refractivity contribution is 7.93. The zero-order chi connectivity index (χ0) is 13.1. The van der Waals surface area contributed by atoms with Crippen LogP contribution in [0.1, 0.15) is 5.56 Å². The summed E-state index contributed by atoms with van der Waals surface area (Å²) in [5, 5.41) is 20.3. The summed E-state index contributed by atoms with van der Waals surface area (Å²) in [5.41, 5.74) is -0.561. The van der Waals surface area contributed by atoms with Crippen LogP contribution < -0.4 is 0 Å². The summed E-state index contributed by atoms with van der Waals surface area (Å²) in [5.74, 6) is 0. The summed E-state index contributed by atoms with van der Waals surface area (Å²) in [6, 6.07) is 7.13. The van der Waals surface area contributed by atoms with Crippen LogP contribution in [0.4, 0.5) is 5.69 Å². The average molecular weight is 252 g/mol. The van der Waals surface area contributed by atoms with Gasteiger partial charge >= 0.3 is 0 Å². The van der Waals surface area contributed by atoms with Gasteiger partial charge in [-0.1, -0.05) is 12.1 Å². The molecule has 0 heterocycles. The molecule has 0 N–H and O–H groups in total. The summed E-state index contributed by atoms with van der Waals surface area (Å²) in [6.45, 7) is 0. The SMILES string of the molecule is CS(=O)(=O)/C=C(\C#N)c1ccccc1[N+](=O)[O-]. The fourth-order valence-electron chi connectivity index (χ4n) is 1.22. The fraction of sp³-hybridized carbons (Fsp3) is 0.100. The van der Waals surface area contributed by atoms with Crippen LogP contribution in [0.25, 0.3) is 5.57 Å². The lowest BCUT2D eigenvalue weighted by molar-refractivity contribution is -0.385. The molecular formula is C10H8N2O4S. The molecule has 0 aliphatic carbocycles. The molecule has 0 spiro atoms. The van der Waals surface area contributed by atoms with Crippen LogP contribution in [0.5, 0.6) is 0 Å². The number of benzene rings is 1. The van der Waals surface area contributed by atoms with E-state index >= 15 is 0 Å². The van der Waals surface area contributed by atoms with Crippen LogP contribution in [-0.2, 0) is 9.84 Å². The molecule has 0 aromatic heterocycles. The molecule has 0 bridgehead atoms. The van der Waals surface area contributed by atoms with Crippen LogP contribution in [0.3, 0.4) is 0 Å². The van der Waals surface area contributed by atoms with Gasteiger partial charge in [0.05, 0.1) is 16.1 Å². The summed E-state index contributed by atoms with van der Waals surface area (Å²) in [4.78, 5) is 10.1. The number of nitriles is 1. The molecule has 6 nitrogen and oxygen atoms in total. The summed E-state index contributed by atoms with van der Waals surface area (Å²) < 4.78 is 22.1. The number of nitrogens with zero attached hydrogens (tertiary/aromatic N) is 2. The number of sulfone groups is 1. The van der Waals surface area contributed by atoms with E-state index in [9.17, 15) is 18.5 Å². The number of nitro benzene ring substituents is 1. The van der Waals surface area contributed by atoms with Crippen molar-refractivity contribution in [2.45, 2.75) is 0 Å². The van der Waals surface area contributed by atoms with E-state index in [0.717, 1.165) is 11.7 Å². The van der Waals surface area contributed by atoms with Gasteiger partial charge in [-0.3, -0.25) is 10.1 Å². The van der Waals surface area contributed by atoms with Crippen molar-refractivity contribution in [2.75, 3.05) is 6.26 Å². The molecule has 0 amide bonds. The lowest BCUT2D eigenvalue weighted by atomic mass is 10.1. The Hall–Kier alpha value is -2.20. The van der Waals surface area contributed by atoms with Crippen molar-refractivity contribution in [2.24, 2.45) is 0 Å². The molecule has 0 unspecified atom stereocenters. The van der Waals surface area contributed by atoms with Gasteiger partial charge in [0.15, 0.2) is 9.84 Å². The monoisotopic (exact) mass is 252 g/mol. The molecule has 1 rings (SSSR count). The highest BCUT2D eigenvalue weighted by Crippen LogP contribution is 2.25. The summed E-state index contributed by atoms with van der Waals surface area (Å²) >= 11 is 0. The van der Waals surface area contributed by atoms with Crippen molar-refractivity contribution in [1.82, 2.24) is 0 Å². The van der Waals surface area contributed by atoms with E-state index in [1.807, 2.05) is 0 Å². The number of rotatable bonds is 3. The molecule has 0 aliphatic heterocycles. The Morgan fingerprint density at radius 3 is 2.53 bits per heavy atom.